The quantitative estimate of drug-likeness (QED) is 0.912. The average molecular weight is 293 g/mol. The highest BCUT2D eigenvalue weighted by Crippen LogP contribution is 2.29. The SMILES string of the molecule is Cn1cccc1C(=O)N1CCC(F)(C(=O)NC2CC2)CC1. The van der Waals surface area contributed by atoms with Crippen molar-refractivity contribution in [2.24, 2.45) is 7.05 Å². The molecular weight excluding hydrogens is 273 g/mol. The van der Waals surface area contributed by atoms with Crippen LogP contribution in [0.2, 0.25) is 0 Å². The summed E-state index contributed by atoms with van der Waals surface area (Å²) in [4.78, 5) is 25.9. The van der Waals surface area contributed by atoms with Crippen molar-refractivity contribution in [2.75, 3.05) is 13.1 Å². The maximum absolute atomic E-state index is 14.7. The Morgan fingerprint density at radius 2 is 2.00 bits per heavy atom. The second kappa shape index (κ2) is 5.16. The summed E-state index contributed by atoms with van der Waals surface area (Å²) in [6.45, 7) is 0.553. The van der Waals surface area contributed by atoms with Crippen LogP contribution in [0.3, 0.4) is 0 Å². The van der Waals surface area contributed by atoms with E-state index in [4.69, 9.17) is 0 Å². The van der Waals surface area contributed by atoms with Crippen LogP contribution in [0, 0.1) is 0 Å². The van der Waals surface area contributed by atoms with Crippen molar-refractivity contribution in [1.82, 2.24) is 14.8 Å². The minimum atomic E-state index is -1.83. The third kappa shape index (κ3) is 2.80. The molecule has 1 saturated heterocycles. The minimum absolute atomic E-state index is 0.0711. The summed E-state index contributed by atoms with van der Waals surface area (Å²) in [6, 6.07) is 3.72. The molecule has 1 aliphatic heterocycles. The zero-order valence-corrected chi connectivity index (χ0v) is 12.1. The van der Waals surface area contributed by atoms with E-state index in [0.29, 0.717) is 5.69 Å². The summed E-state index contributed by atoms with van der Waals surface area (Å²) in [5.41, 5.74) is -1.24. The number of piperidine rings is 1. The Morgan fingerprint density at radius 1 is 1.33 bits per heavy atom. The Morgan fingerprint density at radius 3 is 2.52 bits per heavy atom. The van der Waals surface area contributed by atoms with Crippen molar-refractivity contribution >= 4 is 11.8 Å². The number of halogens is 1. The second-order valence-corrected chi connectivity index (χ2v) is 6.01. The fourth-order valence-electron chi connectivity index (χ4n) is 2.68. The van der Waals surface area contributed by atoms with Crippen LogP contribution in [0.25, 0.3) is 0 Å². The van der Waals surface area contributed by atoms with Crippen LogP contribution in [0.1, 0.15) is 36.2 Å². The lowest BCUT2D eigenvalue weighted by molar-refractivity contribution is -0.135. The lowest BCUT2D eigenvalue weighted by Gasteiger charge is -2.35. The van der Waals surface area contributed by atoms with Gasteiger partial charge in [-0.15, -0.1) is 0 Å². The van der Waals surface area contributed by atoms with Crippen molar-refractivity contribution in [3.63, 3.8) is 0 Å². The number of aromatic nitrogens is 1. The van der Waals surface area contributed by atoms with Crippen molar-refractivity contribution in [3.05, 3.63) is 24.0 Å². The topological polar surface area (TPSA) is 54.3 Å². The molecule has 114 valence electrons. The Balaban J connectivity index is 1.60. The highest BCUT2D eigenvalue weighted by atomic mass is 19.1. The van der Waals surface area contributed by atoms with Crippen molar-refractivity contribution in [3.8, 4) is 0 Å². The largest absolute Gasteiger partial charge is 0.351 e. The van der Waals surface area contributed by atoms with E-state index in [0.717, 1.165) is 12.8 Å². The van der Waals surface area contributed by atoms with Gasteiger partial charge in [0.1, 0.15) is 5.69 Å². The molecule has 2 aliphatic rings. The van der Waals surface area contributed by atoms with Crippen LogP contribution in [0.5, 0.6) is 0 Å². The summed E-state index contributed by atoms with van der Waals surface area (Å²) in [5.74, 6) is -0.608. The number of nitrogens with zero attached hydrogens (tertiary/aromatic N) is 2. The van der Waals surface area contributed by atoms with Crippen LogP contribution in [-0.4, -0.2) is 46.1 Å². The Kier molecular flexibility index (Phi) is 3.47. The standard InChI is InChI=1S/C15H20FN3O2/c1-18-8-2-3-12(18)13(20)19-9-6-15(16,7-10-19)14(21)17-11-4-5-11/h2-3,8,11H,4-7,9-10H2,1H3,(H,17,21). The summed E-state index contributed by atoms with van der Waals surface area (Å²) in [7, 11) is 1.81. The summed E-state index contributed by atoms with van der Waals surface area (Å²) in [6.07, 6.45) is 3.84. The lowest BCUT2D eigenvalue weighted by Crippen LogP contribution is -2.52. The second-order valence-electron chi connectivity index (χ2n) is 6.01. The lowest BCUT2D eigenvalue weighted by atomic mass is 9.92. The molecule has 1 N–H and O–H groups in total. The first kappa shape index (κ1) is 14.1. The van der Waals surface area contributed by atoms with E-state index < -0.39 is 11.6 Å². The zero-order chi connectivity index (χ0) is 15.0. The first-order chi connectivity index (χ1) is 9.99. The number of carbonyl (C=O) groups excluding carboxylic acids is 2. The van der Waals surface area contributed by atoms with E-state index >= 15 is 0 Å². The van der Waals surface area contributed by atoms with Crippen LogP contribution < -0.4 is 5.32 Å². The number of hydrogen-bond acceptors (Lipinski definition) is 2. The van der Waals surface area contributed by atoms with Crippen molar-refractivity contribution in [2.45, 2.75) is 37.4 Å². The monoisotopic (exact) mass is 293 g/mol. The van der Waals surface area contributed by atoms with E-state index in [1.54, 1.807) is 34.8 Å². The van der Waals surface area contributed by atoms with Gasteiger partial charge in [0.05, 0.1) is 0 Å². The number of amides is 2. The molecule has 0 radical (unpaired) electrons. The molecular formula is C15H20FN3O2. The number of aryl methyl sites for hydroxylation is 1. The summed E-state index contributed by atoms with van der Waals surface area (Å²) < 4.78 is 16.4. The van der Waals surface area contributed by atoms with Gasteiger partial charge in [0.15, 0.2) is 5.67 Å². The molecule has 6 heteroatoms. The van der Waals surface area contributed by atoms with E-state index in [2.05, 4.69) is 5.32 Å². The summed E-state index contributed by atoms with van der Waals surface area (Å²) >= 11 is 0. The minimum Gasteiger partial charge on any atom is -0.351 e. The molecule has 1 saturated carbocycles. The number of nitrogens with one attached hydrogen (secondary N) is 1. The van der Waals surface area contributed by atoms with E-state index in [-0.39, 0.29) is 37.9 Å². The molecule has 0 spiro atoms. The average Bonchev–Trinajstić information content (AvgIpc) is 3.18. The number of likely N-dealkylation sites (tertiary alicyclic amines) is 1. The molecule has 2 heterocycles. The first-order valence-corrected chi connectivity index (χ1v) is 7.40. The van der Waals surface area contributed by atoms with Gasteiger partial charge in [-0.05, 0) is 25.0 Å². The highest BCUT2D eigenvalue weighted by molar-refractivity contribution is 5.93. The van der Waals surface area contributed by atoms with Gasteiger partial charge in [0.2, 0.25) is 0 Å². The van der Waals surface area contributed by atoms with Crippen LogP contribution in [0.15, 0.2) is 18.3 Å². The summed E-state index contributed by atoms with van der Waals surface area (Å²) in [5, 5.41) is 2.72. The van der Waals surface area contributed by atoms with Gasteiger partial charge in [0, 0.05) is 45.2 Å². The maximum atomic E-state index is 14.7. The van der Waals surface area contributed by atoms with Gasteiger partial charge in [-0.3, -0.25) is 9.59 Å². The van der Waals surface area contributed by atoms with E-state index in [1.165, 1.54) is 0 Å². The first-order valence-electron chi connectivity index (χ1n) is 7.40. The molecule has 0 bridgehead atoms. The Labute approximate surface area is 123 Å². The van der Waals surface area contributed by atoms with E-state index in [9.17, 15) is 14.0 Å². The van der Waals surface area contributed by atoms with Gasteiger partial charge < -0.3 is 14.8 Å². The van der Waals surface area contributed by atoms with Gasteiger partial charge in [-0.1, -0.05) is 0 Å². The molecule has 2 amide bonds. The molecule has 0 aromatic carbocycles. The molecule has 1 aromatic heterocycles. The number of alkyl halides is 1. The molecule has 21 heavy (non-hydrogen) atoms. The molecule has 0 unspecified atom stereocenters. The predicted molar refractivity (Wildman–Crippen MR) is 75.6 cm³/mol. The van der Waals surface area contributed by atoms with Gasteiger partial charge in [-0.2, -0.15) is 0 Å². The normalized spacial score (nSPS) is 21.1. The van der Waals surface area contributed by atoms with Gasteiger partial charge in [0.25, 0.3) is 11.8 Å². The van der Waals surface area contributed by atoms with Crippen LogP contribution in [-0.2, 0) is 11.8 Å². The third-order valence-corrected chi connectivity index (χ3v) is 4.33. The van der Waals surface area contributed by atoms with Crippen LogP contribution in [0.4, 0.5) is 4.39 Å². The maximum Gasteiger partial charge on any atom is 0.270 e. The number of hydrogen-bond donors (Lipinski definition) is 1. The molecule has 1 aromatic rings. The molecule has 0 atom stereocenters. The molecule has 1 aliphatic carbocycles. The fourth-order valence-corrected chi connectivity index (χ4v) is 2.68. The molecule has 2 fully saturated rings. The van der Waals surface area contributed by atoms with Crippen LogP contribution >= 0.6 is 0 Å². The van der Waals surface area contributed by atoms with Crippen molar-refractivity contribution < 1.29 is 14.0 Å². The van der Waals surface area contributed by atoms with Crippen molar-refractivity contribution in [1.29, 1.82) is 0 Å². The Hall–Kier alpha value is -1.85. The van der Waals surface area contributed by atoms with E-state index in [1.807, 2.05) is 0 Å². The predicted octanol–water partition coefficient (Wildman–Crippen LogP) is 1.25. The third-order valence-electron chi connectivity index (χ3n) is 4.33. The zero-order valence-electron chi connectivity index (χ0n) is 12.1. The molecule has 3 rings (SSSR count). The van der Waals surface area contributed by atoms with Gasteiger partial charge in [-0.25, -0.2) is 4.39 Å². The number of carbonyl (C=O) groups is 2. The van der Waals surface area contributed by atoms with Gasteiger partial charge >= 0.3 is 0 Å². The number of rotatable bonds is 3. The Bertz CT molecular complexity index is 557. The molecule has 5 nitrogen and oxygen atoms in total. The smallest absolute Gasteiger partial charge is 0.270 e. The fraction of sp³-hybridized carbons (Fsp3) is 0.600. The highest BCUT2D eigenvalue weighted by Gasteiger charge is 2.44.